The van der Waals surface area contributed by atoms with Gasteiger partial charge in [0.15, 0.2) is 0 Å². The molecule has 7 nitrogen and oxygen atoms in total. The first-order chi connectivity index (χ1) is 16.6. The van der Waals surface area contributed by atoms with Crippen molar-refractivity contribution < 1.29 is 19.5 Å². The van der Waals surface area contributed by atoms with Crippen LogP contribution in [0.15, 0.2) is 48.5 Å². The smallest absolute Gasteiger partial charge is 0.326 e. The van der Waals surface area contributed by atoms with Crippen LogP contribution in [0.5, 0.6) is 0 Å². The molecule has 3 aromatic rings. The van der Waals surface area contributed by atoms with Crippen LogP contribution >= 0.6 is 11.3 Å². The second kappa shape index (κ2) is 14.9. The Morgan fingerprint density at radius 3 is 2.29 bits per heavy atom. The third-order valence-corrected chi connectivity index (χ3v) is 6.34. The first-order valence-electron chi connectivity index (χ1n) is 11.6. The molecule has 4 N–H and O–H groups in total. The quantitative estimate of drug-likeness (QED) is 0.403. The Bertz CT molecular complexity index is 1040. The number of carboxylic acids is 1. The van der Waals surface area contributed by atoms with Gasteiger partial charge in [0, 0.05) is 6.42 Å². The molecule has 2 aromatic carbocycles. The monoisotopic (exact) mass is 483 g/mol. The second-order valence-corrected chi connectivity index (χ2v) is 8.92. The maximum atomic E-state index is 12.2. The van der Waals surface area contributed by atoms with Gasteiger partial charge in [-0.15, -0.1) is 11.3 Å². The van der Waals surface area contributed by atoms with Crippen molar-refractivity contribution in [3.05, 3.63) is 53.5 Å². The van der Waals surface area contributed by atoms with Gasteiger partial charge in [0.1, 0.15) is 17.3 Å². The predicted octanol–water partition coefficient (Wildman–Crippen LogP) is 4.58. The van der Waals surface area contributed by atoms with Gasteiger partial charge in [0.05, 0.1) is 16.6 Å². The minimum Gasteiger partial charge on any atom is -0.480 e. The van der Waals surface area contributed by atoms with Crippen molar-refractivity contribution >= 4 is 39.7 Å². The summed E-state index contributed by atoms with van der Waals surface area (Å²) in [5, 5.41) is 12.2. The lowest BCUT2D eigenvalue weighted by Crippen LogP contribution is -2.41. The van der Waals surface area contributed by atoms with Crippen molar-refractivity contribution in [2.24, 2.45) is 5.73 Å². The fraction of sp³-hybridized carbons (Fsp3) is 0.385. The summed E-state index contributed by atoms with van der Waals surface area (Å²) in [6.07, 6.45) is 8.30. The summed E-state index contributed by atoms with van der Waals surface area (Å²) < 4.78 is 0.966. The Morgan fingerprint density at radius 1 is 1.06 bits per heavy atom. The SMILES string of the molecule is C1CCCC1.CN.O=CCCC(NC(=O)Cc1nc2cc(-c3ccccc3)ccc2s1)C(=O)O. The highest BCUT2D eigenvalue weighted by Crippen LogP contribution is 2.28. The minimum absolute atomic E-state index is 0.00485. The number of rotatable bonds is 8. The fourth-order valence-electron chi connectivity index (χ4n) is 3.62. The largest absolute Gasteiger partial charge is 0.480 e. The van der Waals surface area contributed by atoms with E-state index in [1.54, 1.807) is 0 Å². The van der Waals surface area contributed by atoms with Gasteiger partial charge in [-0.25, -0.2) is 9.78 Å². The molecule has 1 atom stereocenters. The first kappa shape index (κ1) is 27.1. The van der Waals surface area contributed by atoms with Crippen LogP contribution in [0.25, 0.3) is 21.3 Å². The van der Waals surface area contributed by atoms with Crippen LogP contribution in [-0.4, -0.2) is 41.3 Å². The van der Waals surface area contributed by atoms with E-state index in [1.807, 2.05) is 48.5 Å². The normalized spacial score (nSPS) is 13.1. The molecule has 182 valence electrons. The lowest BCUT2D eigenvalue weighted by molar-refractivity contribution is -0.142. The summed E-state index contributed by atoms with van der Waals surface area (Å²) in [7, 11) is 1.50. The van der Waals surface area contributed by atoms with Gasteiger partial charge in [0.25, 0.3) is 0 Å². The number of hydrogen-bond donors (Lipinski definition) is 3. The number of nitrogens with two attached hydrogens (primary N) is 1. The molecule has 1 saturated carbocycles. The second-order valence-electron chi connectivity index (χ2n) is 7.80. The number of thiazole rings is 1. The van der Waals surface area contributed by atoms with Crippen LogP contribution in [-0.2, 0) is 20.8 Å². The summed E-state index contributed by atoms with van der Waals surface area (Å²) in [6, 6.07) is 14.8. The molecule has 1 aliphatic rings. The van der Waals surface area contributed by atoms with E-state index in [0.717, 1.165) is 21.3 Å². The zero-order valence-electron chi connectivity index (χ0n) is 19.5. The Balaban J connectivity index is 0.000000507. The van der Waals surface area contributed by atoms with Crippen molar-refractivity contribution in [1.82, 2.24) is 10.3 Å². The molecule has 1 unspecified atom stereocenters. The summed E-state index contributed by atoms with van der Waals surface area (Å²) in [4.78, 5) is 38.3. The van der Waals surface area contributed by atoms with Gasteiger partial charge in [-0.05, 0) is 36.7 Å². The van der Waals surface area contributed by atoms with Crippen molar-refractivity contribution in [3.63, 3.8) is 0 Å². The van der Waals surface area contributed by atoms with E-state index in [2.05, 4.69) is 16.0 Å². The molecule has 0 radical (unpaired) electrons. The standard InChI is InChI=1S/C20H18N2O4S.C5H10.CH5N/c23-10-4-7-15(20(25)26)21-18(24)12-19-22-16-11-14(8-9-17(16)27-19)13-5-2-1-3-6-13;1-2-4-5-3-1;1-2/h1-3,5-6,8-11,15H,4,7,12H2,(H,21,24)(H,25,26);1-5H2;2H2,1H3. The molecule has 1 amide bonds. The first-order valence-corrected chi connectivity index (χ1v) is 12.4. The number of nitrogens with one attached hydrogen (secondary N) is 1. The number of nitrogens with zero attached hydrogens (tertiary/aromatic N) is 1. The molecule has 0 spiro atoms. The number of aromatic nitrogens is 1. The van der Waals surface area contributed by atoms with Crippen molar-refractivity contribution in [2.45, 2.75) is 57.4 Å². The Kier molecular flexibility index (Phi) is 11.9. The number of fused-ring (bicyclic) bond motifs is 1. The minimum atomic E-state index is -1.15. The Labute approximate surface area is 204 Å². The zero-order valence-corrected chi connectivity index (χ0v) is 20.4. The molecule has 1 heterocycles. The molecule has 1 aromatic heterocycles. The van der Waals surface area contributed by atoms with E-state index in [0.29, 0.717) is 11.3 Å². The molecular formula is C26H33N3O4S. The number of aldehydes is 1. The number of aliphatic carboxylic acids is 1. The summed E-state index contributed by atoms with van der Waals surface area (Å²) in [5.41, 5.74) is 7.44. The molecule has 0 bridgehead atoms. The third-order valence-electron chi connectivity index (χ3n) is 5.31. The van der Waals surface area contributed by atoms with E-state index in [4.69, 9.17) is 5.11 Å². The summed E-state index contributed by atoms with van der Waals surface area (Å²) in [5.74, 6) is -1.57. The van der Waals surface area contributed by atoms with Crippen LogP contribution in [0.3, 0.4) is 0 Å². The topological polar surface area (TPSA) is 122 Å². The average Bonchev–Trinajstić information content (AvgIpc) is 3.56. The Morgan fingerprint density at radius 2 is 1.71 bits per heavy atom. The zero-order chi connectivity index (χ0) is 24.8. The molecule has 4 rings (SSSR count). The van der Waals surface area contributed by atoms with Crippen LogP contribution in [0, 0.1) is 0 Å². The number of carbonyl (C=O) groups excluding carboxylic acids is 2. The maximum absolute atomic E-state index is 12.2. The number of carboxylic acid groups (broad SMARTS) is 1. The van der Waals surface area contributed by atoms with Gasteiger partial charge < -0.3 is 21.0 Å². The van der Waals surface area contributed by atoms with Gasteiger partial charge >= 0.3 is 5.97 Å². The highest BCUT2D eigenvalue weighted by Gasteiger charge is 2.20. The number of amides is 1. The van der Waals surface area contributed by atoms with Gasteiger partial charge in [-0.2, -0.15) is 0 Å². The summed E-state index contributed by atoms with van der Waals surface area (Å²) in [6.45, 7) is 0. The highest BCUT2D eigenvalue weighted by atomic mass is 32.1. The van der Waals surface area contributed by atoms with Gasteiger partial charge in [0.2, 0.25) is 5.91 Å². The van der Waals surface area contributed by atoms with Gasteiger partial charge in [-0.1, -0.05) is 68.5 Å². The van der Waals surface area contributed by atoms with Crippen LogP contribution in [0.2, 0.25) is 0 Å². The molecule has 8 heteroatoms. The molecule has 1 fully saturated rings. The number of carbonyl (C=O) groups is 3. The molecular weight excluding hydrogens is 450 g/mol. The molecule has 0 aliphatic heterocycles. The maximum Gasteiger partial charge on any atom is 0.326 e. The molecule has 0 saturated heterocycles. The average molecular weight is 484 g/mol. The van der Waals surface area contributed by atoms with E-state index in [1.165, 1.54) is 50.5 Å². The van der Waals surface area contributed by atoms with E-state index in [-0.39, 0.29) is 19.3 Å². The Hall–Kier alpha value is -3.10. The predicted molar refractivity (Wildman–Crippen MR) is 137 cm³/mol. The third kappa shape index (κ3) is 8.68. The van der Waals surface area contributed by atoms with E-state index >= 15 is 0 Å². The van der Waals surface area contributed by atoms with Crippen LogP contribution < -0.4 is 11.1 Å². The van der Waals surface area contributed by atoms with Crippen molar-refractivity contribution in [1.29, 1.82) is 0 Å². The van der Waals surface area contributed by atoms with Crippen LogP contribution in [0.1, 0.15) is 50.0 Å². The lowest BCUT2D eigenvalue weighted by atomic mass is 10.1. The molecule has 1 aliphatic carbocycles. The highest BCUT2D eigenvalue weighted by molar-refractivity contribution is 7.18. The van der Waals surface area contributed by atoms with Crippen molar-refractivity contribution in [2.75, 3.05) is 7.05 Å². The van der Waals surface area contributed by atoms with Crippen LogP contribution in [0.4, 0.5) is 0 Å². The van der Waals surface area contributed by atoms with Crippen molar-refractivity contribution in [3.8, 4) is 11.1 Å². The molecule has 34 heavy (non-hydrogen) atoms. The van der Waals surface area contributed by atoms with E-state index in [9.17, 15) is 14.4 Å². The van der Waals surface area contributed by atoms with E-state index < -0.39 is 17.9 Å². The van der Waals surface area contributed by atoms with Gasteiger partial charge in [-0.3, -0.25) is 4.79 Å². The lowest BCUT2D eigenvalue weighted by Gasteiger charge is -2.12. The number of hydrogen-bond acceptors (Lipinski definition) is 6. The summed E-state index contributed by atoms with van der Waals surface area (Å²) >= 11 is 1.41. The fourth-order valence-corrected chi connectivity index (χ4v) is 4.57. The number of benzene rings is 2.